The van der Waals surface area contributed by atoms with Gasteiger partial charge in [0.1, 0.15) is 11.4 Å². The minimum atomic E-state index is -1.07. The Morgan fingerprint density at radius 3 is 2.88 bits per heavy atom. The lowest BCUT2D eigenvalue weighted by Gasteiger charge is -2.24. The minimum Gasteiger partial charge on any atom is -0.477 e. The lowest BCUT2D eigenvalue weighted by atomic mass is 10.1. The third-order valence-corrected chi connectivity index (χ3v) is 2.73. The zero-order valence-corrected chi connectivity index (χ0v) is 9.78. The van der Waals surface area contributed by atoms with Crippen molar-refractivity contribution in [2.45, 2.75) is 18.9 Å². The van der Waals surface area contributed by atoms with E-state index >= 15 is 0 Å². The van der Waals surface area contributed by atoms with Crippen LogP contribution >= 0.6 is 11.6 Å². The molecule has 1 aromatic heterocycles. The summed E-state index contributed by atoms with van der Waals surface area (Å²) in [5.74, 6) is -0.805. The molecule has 0 atom stereocenters. The molecule has 0 bridgehead atoms. The average Bonchev–Trinajstić information content (AvgIpc) is 2.30. The van der Waals surface area contributed by atoms with Gasteiger partial charge in [-0.25, -0.2) is 9.78 Å². The van der Waals surface area contributed by atoms with Crippen molar-refractivity contribution < 1.29 is 14.6 Å². The van der Waals surface area contributed by atoms with E-state index in [2.05, 4.69) is 15.3 Å². The van der Waals surface area contributed by atoms with E-state index in [0.717, 1.165) is 12.8 Å². The first-order valence-electron chi connectivity index (χ1n) is 5.27. The van der Waals surface area contributed by atoms with Crippen LogP contribution in [0.2, 0.25) is 5.28 Å². The number of ether oxygens (including phenoxy) is 1. The molecule has 6 nitrogen and oxygen atoms in total. The number of nitrogens with one attached hydrogen (secondary N) is 1. The number of anilines is 1. The van der Waals surface area contributed by atoms with Crippen molar-refractivity contribution in [1.29, 1.82) is 0 Å². The summed E-state index contributed by atoms with van der Waals surface area (Å²) < 4.78 is 5.22. The molecule has 1 fully saturated rings. The SMILES string of the molecule is O=C(O)c1cnc(Cl)nc1NC1CCOCC1. The first-order valence-corrected chi connectivity index (χ1v) is 5.64. The number of carboxylic acids is 1. The summed E-state index contributed by atoms with van der Waals surface area (Å²) in [6.45, 7) is 1.33. The largest absolute Gasteiger partial charge is 0.477 e. The van der Waals surface area contributed by atoms with E-state index in [9.17, 15) is 4.79 Å². The van der Waals surface area contributed by atoms with Crippen LogP contribution in [0.5, 0.6) is 0 Å². The maximum Gasteiger partial charge on any atom is 0.341 e. The molecule has 0 spiro atoms. The lowest BCUT2D eigenvalue weighted by molar-refractivity contribution is 0.0696. The summed E-state index contributed by atoms with van der Waals surface area (Å²) in [5.41, 5.74) is 0.0286. The molecule has 0 aromatic carbocycles. The van der Waals surface area contributed by atoms with Crippen LogP contribution in [-0.4, -0.2) is 40.3 Å². The van der Waals surface area contributed by atoms with Crippen molar-refractivity contribution in [2.24, 2.45) is 0 Å². The van der Waals surface area contributed by atoms with Gasteiger partial charge in [0.2, 0.25) is 5.28 Å². The predicted octanol–water partition coefficient (Wildman–Crippen LogP) is 1.42. The van der Waals surface area contributed by atoms with E-state index in [-0.39, 0.29) is 22.7 Å². The molecule has 1 aliphatic heterocycles. The molecule has 0 saturated carbocycles. The van der Waals surface area contributed by atoms with Crippen molar-refractivity contribution >= 4 is 23.4 Å². The van der Waals surface area contributed by atoms with Crippen molar-refractivity contribution in [2.75, 3.05) is 18.5 Å². The normalized spacial score (nSPS) is 16.8. The van der Waals surface area contributed by atoms with Gasteiger partial charge in [-0.1, -0.05) is 0 Å². The molecular weight excluding hydrogens is 246 g/mol. The number of aromatic nitrogens is 2. The second kappa shape index (κ2) is 5.29. The Morgan fingerprint density at radius 1 is 1.53 bits per heavy atom. The number of hydrogen-bond donors (Lipinski definition) is 2. The molecule has 92 valence electrons. The summed E-state index contributed by atoms with van der Waals surface area (Å²) in [4.78, 5) is 18.6. The highest BCUT2D eigenvalue weighted by Crippen LogP contribution is 2.18. The van der Waals surface area contributed by atoms with Gasteiger partial charge in [0, 0.05) is 25.5 Å². The topological polar surface area (TPSA) is 84.3 Å². The van der Waals surface area contributed by atoms with Gasteiger partial charge >= 0.3 is 5.97 Å². The fourth-order valence-corrected chi connectivity index (χ4v) is 1.80. The van der Waals surface area contributed by atoms with Gasteiger partial charge < -0.3 is 15.2 Å². The lowest BCUT2D eigenvalue weighted by Crippen LogP contribution is -2.29. The zero-order valence-electron chi connectivity index (χ0n) is 9.02. The van der Waals surface area contributed by atoms with Crippen molar-refractivity contribution in [3.8, 4) is 0 Å². The molecule has 0 aliphatic carbocycles. The molecule has 0 amide bonds. The van der Waals surface area contributed by atoms with E-state index in [4.69, 9.17) is 21.4 Å². The van der Waals surface area contributed by atoms with Crippen LogP contribution in [0.3, 0.4) is 0 Å². The van der Waals surface area contributed by atoms with E-state index in [0.29, 0.717) is 13.2 Å². The number of carbonyl (C=O) groups is 1. The molecular formula is C10H12ClN3O3. The van der Waals surface area contributed by atoms with E-state index in [1.165, 1.54) is 6.20 Å². The fourth-order valence-electron chi connectivity index (χ4n) is 1.66. The summed E-state index contributed by atoms with van der Waals surface area (Å²) in [5, 5.41) is 12.1. The van der Waals surface area contributed by atoms with E-state index < -0.39 is 5.97 Å². The predicted molar refractivity (Wildman–Crippen MR) is 61.5 cm³/mol. The van der Waals surface area contributed by atoms with Crippen LogP contribution in [0.15, 0.2) is 6.20 Å². The number of aromatic carboxylic acids is 1. The van der Waals surface area contributed by atoms with Gasteiger partial charge in [-0.15, -0.1) is 0 Å². The number of halogens is 1. The smallest absolute Gasteiger partial charge is 0.341 e. The van der Waals surface area contributed by atoms with Gasteiger partial charge in [0.05, 0.1) is 0 Å². The van der Waals surface area contributed by atoms with Crippen LogP contribution in [-0.2, 0) is 4.74 Å². The maximum atomic E-state index is 11.0. The van der Waals surface area contributed by atoms with Gasteiger partial charge in [-0.3, -0.25) is 0 Å². The average molecular weight is 258 g/mol. The second-order valence-electron chi connectivity index (χ2n) is 3.74. The number of hydrogen-bond acceptors (Lipinski definition) is 5. The molecule has 0 radical (unpaired) electrons. The van der Waals surface area contributed by atoms with Gasteiger partial charge in [0.25, 0.3) is 0 Å². The van der Waals surface area contributed by atoms with Crippen LogP contribution in [0.25, 0.3) is 0 Å². The summed E-state index contributed by atoms with van der Waals surface area (Å²) in [7, 11) is 0. The number of rotatable bonds is 3. The van der Waals surface area contributed by atoms with Crippen LogP contribution in [0, 0.1) is 0 Å². The van der Waals surface area contributed by atoms with Gasteiger partial charge in [0.15, 0.2) is 0 Å². The highest BCUT2D eigenvalue weighted by molar-refractivity contribution is 6.28. The summed E-state index contributed by atoms with van der Waals surface area (Å²) >= 11 is 5.66. The molecule has 1 aromatic rings. The number of carboxylic acid groups (broad SMARTS) is 1. The Bertz CT molecular complexity index is 421. The zero-order chi connectivity index (χ0) is 12.3. The maximum absolute atomic E-state index is 11.0. The van der Waals surface area contributed by atoms with Crippen molar-refractivity contribution in [1.82, 2.24) is 9.97 Å². The molecule has 2 heterocycles. The van der Waals surface area contributed by atoms with Crippen molar-refractivity contribution in [3.63, 3.8) is 0 Å². The molecule has 2 N–H and O–H groups in total. The Kier molecular flexibility index (Phi) is 3.75. The Balaban J connectivity index is 2.17. The third kappa shape index (κ3) is 3.04. The molecule has 1 saturated heterocycles. The third-order valence-electron chi connectivity index (χ3n) is 2.55. The first kappa shape index (κ1) is 12.1. The van der Waals surface area contributed by atoms with Crippen LogP contribution in [0.4, 0.5) is 5.82 Å². The van der Waals surface area contributed by atoms with Crippen LogP contribution < -0.4 is 5.32 Å². The quantitative estimate of drug-likeness (QED) is 0.797. The highest BCUT2D eigenvalue weighted by Gasteiger charge is 2.19. The molecule has 7 heteroatoms. The summed E-state index contributed by atoms with van der Waals surface area (Å²) in [6, 6.07) is 0.160. The second-order valence-corrected chi connectivity index (χ2v) is 4.08. The van der Waals surface area contributed by atoms with Crippen LogP contribution in [0.1, 0.15) is 23.2 Å². The number of nitrogens with zero attached hydrogens (tertiary/aromatic N) is 2. The Hall–Kier alpha value is -1.40. The van der Waals surface area contributed by atoms with E-state index in [1.54, 1.807) is 0 Å². The molecule has 2 rings (SSSR count). The Labute approximate surface area is 103 Å². The highest BCUT2D eigenvalue weighted by atomic mass is 35.5. The first-order chi connectivity index (χ1) is 8.16. The minimum absolute atomic E-state index is 0.0286. The molecule has 17 heavy (non-hydrogen) atoms. The molecule has 1 aliphatic rings. The van der Waals surface area contributed by atoms with E-state index in [1.807, 2.05) is 0 Å². The van der Waals surface area contributed by atoms with Crippen molar-refractivity contribution in [3.05, 3.63) is 17.0 Å². The standard InChI is InChI=1S/C10H12ClN3O3/c11-10-12-5-7(9(15)16)8(14-10)13-6-1-3-17-4-2-6/h5-6H,1-4H2,(H,15,16)(H,12,13,14). The monoisotopic (exact) mass is 257 g/mol. The van der Waals surface area contributed by atoms with Gasteiger partial charge in [-0.2, -0.15) is 4.98 Å². The summed E-state index contributed by atoms with van der Waals surface area (Å²) in [6.07, 6.45) is 2.85. The Morgan fingerprint density at radius 2 is 2.24 bits per heavy atom. The molecule has 0 unspecified atom stereocenters. The fraction of sp³-hybridized carbons (Fsp3) is 0.500. The van der Waals surface area contributed by atoms with Gasteiger partial charge in [-0.05, 0) is 24.4 Å².